The standard InChI is InChI=1S/C23H23FN4O4S/c1-15-12-20(28(26-15)17-10-8-16(24)9-11-17)25-21(29)13-32-23(31)18-6-4-5-7-19(18)33-14-22(30)27(2)3/h4-12H,13-14H2,1-3H3,(H,25,29). The second-order valence-electron chi connectivity index (χ2n) is 7.26. The first kappa shape index (κ1) is 24.0. The van der Waals surface area contributed by atoms with Crippen LogP contribution in [0.1, 0.15) is 16.1 Å². The molecule has 0 bridgehead atoms. The van der Waals surface area contributed by atoms with Gasteiger partial charge in [0.2, 0.25) is 5.91 Å². The van der Waals surface area contributed by atoms with Crippen molar-refractivity contribution in [3.05, 3.63) is 71.7 Å². The van der Waals surface area contributed by atoms with Gasteiger partial charge in [-0.05, 0) is 43.3 Å². The van der Waals surface area contributed by atoms with Crippen molar-refractivity contribution in [1.82, 2.24) is 14.7 Å². The van der Waals surface area contributed by atoms with E-state index in [4.69, 9.17) is 4.74 Å². The van der Waals surface area contributed by atoms with Crippen molar-refractivity contribution in [2.75, 3.05) is 31.8 Å². The fourth-order valence-corrected chi connectivity index (χ4v) is 3.80. The fourth-order valence-electron chi connectivity index (χ4n) is 2.79. The van der Waals surface area contributed by atoms with Gasteiger partial charge in [-0.2, -0.15) is 5.10 Å². The highest BCUT2D eigenvalue weighted by molar-refractivity contribution is 8.00. The van der Waals surface area contributed by atoms with Gasteiger partial charge < -0.3 is 15.0 Å². The van der Waals surface area contributed by atoms with Crippen molar-refractivity contribution in [2.24, 2.45) is 0 Å². The summed E-state index contributed by atoms with van der Waals surface area (Å²) in [5.74, 6) is -1.17. The van der Waals surface area contributed by atoms with E-state index in [1.165, 1.54) is 45.6 Å². The Labute approximate surface area is 194 Å². The van der Waals surface area contributed by atoms with E-state index in [0.717, 1.165) is 0 Å². The van der Waals surface area contributed by atoms with Crippen LogP contribution in [0.2, 0.25) is 0 Å². The number of aryl methyl sites for hydroxylation is 1. The molecule has 172 valence electrons. The number of carbonyl (C=O) groups excluding carboxylic acids is 3. The molecule has 1 heterocycles. The molecule has 33 heavy (non-hydrogen) atoms. The molecule has 0 saturated heterocycles. The van der Waals surface area contributed by atoms with Crippen LogP contribution in [0.3, 0.4) is 0 Å². The summed E-state index contributed by atoms with van der Waals surface area (Å²) in [5, 5.41) is 6.96. The number of esters is 1. The lowest BCUT2D eigenvalue weighted by atomic mass is 10.2. The van der Waals surface area contributed by atoms with Gasteiger partial charge in [0.25, 0.3) is 5.91 Å². The smallest absolute Gasteiger partial charge is 0.339 e. The van der Waals surface area contributed by atoms with Gasteiger partial charge in [0, 0.05) is 25.1 Å². The third kappa shape index (κ3) is 6.42. The highest BCUT2D eigenvalue weighted by atomic mass is 32.2. The van der Waals surface area contributed by atoms with Crippen molar-refractivity contribution < 1.29 is 23.5 Å². The second-order valence-corrected chi connectivity index (χ2v) is 8.27. The van der Waals surface area contributed by atoms with Crippen LogP contribution in [0.15, 0.2) is 59.5 Å². The van der Waals surface area contributed by atoms with Crippen molar-refractivity contribution in [3.8, 4) is 5.69 Å². The molecule has 10 heteroatoms. The van der Waals surface area contributed by atoms with Gasteiger partial charge >= 0.3 is 5.97 Å². The lowest BCUT2D eigenvalue weighted by molar-refractivity contribution is -0.125. The minimum absolute atomic E-state index is 0.0874. The van der Waals surface area contributed by atoms with E-state index in [9.17, 15) is 18.8 Å². The van der Waals surface area contributed by atoms with Gasteiger partial charge in [0.1, 0.15) is 11.6 Å². The number of carbonyl (C=O) groups is 3. The summed E-state index contributed by atoms with van der Waals surface area (Å²) < 4.78 is 19.9. The predicted octanol–water partition coefficient (Wildman–Crippen LogP) is 3.30. The van der Waals surface area contributed by atoms with E-state index < -0.39 is 18.5 Å². The Balaban J connectivity index is 1.63. The van der Waals surface area contributed by atoms with E-state index in [1.54, 1.807) is 51.4 Å². The zero-order valence-corrected chi connectivity index (χ0v) is 19.2. The minimum Gasteiger partial charge on any atom is -0.452 e. The number of benzene rings is 2. The largest absolute Gasteiger partial charge is 0.452 e. The zero-order valence-electron chi connectivity index (χ0n) is 18.4. The quantitative estimate of drug-likeness (QED) is 0.401. The number of ether oxygens (including phenoxy) is 1. The molecule has 0 fully saturated rings. The van der Waals surface area contributed by atoms with Crippen LogP contribution in [0.5, 0.6) is 0 Å². The van der Waals surface area contributed by atoms with Crippen molar-refractivity contribution in [2.45, 2.75) is 11.8 Å². The molecule has 8 nitrogen and oxygen atoms in total. The van der Waals surface area contributed by atoms with E-state index in [2.05, 4.69) is 10.4 Å². The molecule has 0 saturated carbocycles. The molecule has 0 radical (unpaired) electrons. The van der Waals surface area contributed by atoms with Crippen LogP contribution in [-0.4, -0.2) is 58.9 Å². The van der Waals surface area contributed by atoms with Gasteiger partial charge in [-0.1, -0.05) is 12.1 Å². The SMILES string of the molecule is Cc1cc(NC(=O)COC(=O)c2ccccc2SCC(=O)N(C)C)n(-c2ccc(F)cc2)n1. The Bertz CT molecular complexity index is 1160. The molecule has 0 aliphatic heterocycles. The molecule has 0 spiro atoms. The summed E-state index contributed by atoms with van der Waals surface area (Å²) >= 11 is 1.22. The number of amides is 2. The highest BCUT2D eigenvalue weighted by Gasteiger charge is 2.17. The number of hydrogen-bond acceptors (Lipinski definition) is 6. The first-order chi connectivity index (χ1) is 15.7. The molecule has 2 aromatic carbocycles. The normalized spacial score (nSPS) is 10.5. The monoisotopic (exact) mass is 470 g/mol. The maximum Gasteiger partial charge on any atom is 0.339 e. The number of halogens is 1. The zero-order chi connectivity index (χ0) is 24.0. The first-order valence-corrected chi connectivity index (χ1v) is 10.9. The molecular weight excluding hydrogens is 447 g/mol. The number of thioether (sulfide) groups is 1. The molecule has 0 aliphatic carbocycles. The van der Waals surface area contributed by atoms with E-state index in [-0.39, 0.29) is 23.0 Å². The number of aromatic nitrogens is 2. The van der Waals surface area contributed by atoms with Gasteiger partial charge in [0.05, 0.1) is 22.7 Å². The molecule has 2 amide bonds. The Morgan fingerprint density at radius 2 is 1.82 bits per heavy atom. The Hall–Kier alpha value is -3.66. The number of anilines is 1. The summed E-state index contributed by atoms with van der Waals surface area (Å²) in [4.78, 5) is 38.9. The van der Waals surface area contributed by atoms with Crippen molar-refractivity contribution in [3.63, 3.8) is 0 Å². The Morgan fingerprint density at radius 3 is 2.52 bits per heavy atom. The number of nitrogens with one attached hydrogen (secondary N) is 1. The van der Waals surface area contributed by atoms with Crippen LogP contribution < -0.4 is 5.32 Å². The summed E-state index contributed by atoms with van der Waals surface area (Å²) in [5.41, 5.74) is 1.48. The Kier molecular flexibility index (Phi) is 7.83. The summed E-state index contributed by atoms with van der Waals surface area (Å²) in [6, 6.07) is 14.0. The van der Waals surface area contributed by atoms with Gasteiger partial charge in [-0.15, -0.1) is 11.8 Å². The molecule has 3 aromatic rings. The number of hydrogen-bond donors (Lipinski definition) is 1. The third-order valence-corrected chi connectivity index (χ3v) is 5.52. The lowest BCUT2D eigenvalue weighted by Crippen LogP contribution is -2.24. The average molecular weight is 471 g/mol. The van der Waals surface area contributed by atoms with Crippen molar-refractivity contribution in [1.29, 1.82) is 0 Å². The fraction of sp³-hybridized carbons (Fsp3) is 0.217. The van der Waals surface area contributed by atoms with Crippen LogP contribution in [0.4, 0.5) is 10.2 Å². The maximum atomic E-state index is 13.2. The van der Waals surface area contributed by atoms with Crippen LogP contribution >= 0.6 is 11.8 Å². The minimum atomic E-state index is -0.672. The van der Waals surface area contributed by atoms with E-state index in [1.807, 2.05) is 0 Å². The highest BCUT2D eigenvalue weighted by Crippen LogP contribution is 2.24. The second kappa shape index (κ2) is 10.8. The lowest BCUT2D eigenvalue weighted by Gasteiger charge is -2.12. The molecule has 0 aliphatic rings. The third-order valence-electron chi connectivity index (χ3n) is 4.46. The number of rotatable bonds is 8. The topological polar surface area (TPSA) is 93.5 Å². The number of nitrogens with zero attached hydrogens (tertiary/aromatic N) is 3. The molecule has 1 N–H and O–H groups in total. The molecule has 0 atom stereocenters. The summed E-state index contributed by atoms with van der Waals surface area (Å²) in [7, 11) is 3.32. The van der Waals surface area contributed by atoms with E-state index >= 15 is 0 Å². The van der Waals surface area contributed by atoms with Gasteiger partial charge in [-0.25, -0.2) is 13.9 Å². The van der Waals surface area contributed by atoms with Crippen LogP contribution in [-0.2, 0) is 14.3 Å². The maximum absolute atomic E-state index is 13.2. The van der Waals surface area contributed by atoms with Crippen LogP contribution in [0.25, 0.3) is 5.69 Å². The summed E-state index contributed by atoms with van der Waals surface area (Å²) in [6.07, 6.45) is 0. The Morgan fingerprint density at radius 1 is 1.12 bits per heavy atom. The average Bonchev–Trinajstić information content (AvgIpc) is 3.16. The van der Waals surface area contributed by atoms with Gasteiger partial charge in [-0.3, -0.25) is 9.59 Å². The molecule has 1 aromatic heterocycles. The predicted molar refractivity (Wildman–Crippen MR) is 123 cm³/mol. The molecule has 0 unspecified atom stereocenters. The van der Waals surface area contributed by atoms with Crippen molar-refractivity contribution >= 4 is 35.4 Å². The first-order valence-electron chi connectivity index (χ1n) is 9.96. The molecular formula is C23H23FN4O4S. The van der Waals surface area contributed by atoms with Gasteiger partial charge in [0.15, 0.2) is 6.61 Å². The molecule has 3 rings (SSSR count). The van der Waals surface area contributed by atoms with Crippen LogP contribution in [0, 0.1) is 12.7 Å². The van der Waals surface area contributed by atoms with E-state index in [0.29, 0.717) is 22.1 Å². The summed E-state index contributed by atoms with van der Waals surface area (Å²) in [6.45, 7) is 1.24.